The lowest BCUT2D eigenvalue weighted by molar-refractivity contribution is -0.152. The minimum absolute atomic E-state index is 0.0247. The van der Waals surface area contributed by atoms with Crippen LogP contribution in [0.2, 0.25) is 0 Å². The van der Waals surface area contributed by atoms with Gasteiger partial charge in [0.15, 0.2) is 0 Å². The lowest BCUT2D eigenvalue weighted by atomic mass is 9.93. The number of piperidine rings is 1. The molecule has 1 amide bonds. The van der Waals surface area contributed by atoms with Crippen molar-refractivity contribution in [3.8, 4) is 0 Å². The number of ether oxygens (including phenoxy) is 1. The maximum atomic E-state index is 12.2. The molecule has 0 saturated carbocycles. The normalized spacial score (nSPS) is 18.8. The van der Waals surface area contributed by atoms with E-state index >= 15 is 0 Å². The molecule has 4 heteroatoms. The lowest BCUT2D eigenvalue weighted by Gasteiger charge is -2.33. The smallest absolute Gasteiger partial charge is 0.309 e. The summed E-state index contributed by atoms with van der Waals surface area (Å²) in [5, 5.41) is 0. The molecule has 1 saturated heterocycles. The second kappa shape index (κ2) is 6.76. The van der Waals surface area contributed by atoms with Gasteiger partial charge in [0.2, 0.25) is 5.91 Å². The van der Waals surface area contributed by atoms with E-state index in [9.17, 15) is 9.59 Å². The van der Waals surface area contributed by atoms with Gasteiger partial charge in [0, 0.05) is 19.0 Å². The number of rotatable bonds is 4. The van der Waals surface area contributed by atoms with Crippen LogP contribution in [0.5, 0.6) is 0 Å². The molecule has 1 aliphatic heterocycles. The van der Waals surface area contributed by atoms with Gasteiger partial charge in [-0.25, -0.2) is 0 Å². The Bertz CT molecular complexity index is 293. The van der Waals surface area contributed by atoms with Gasteiger partial charge in [-0.3, -0.25) is 9.59 Å². The maximum Gasteiger partial charge on any atom is 0.309 e. The number of carbonyl (C=O) groups is 2. The SMILES string of the molecule is CCOC(=O)C1CCN(C(=O)C(C)C(C)C)CC1. The first-order chi connectivity index (χ1) is 8.47. The van der Waals surface area contributed by atoms with E-state index in [0.717, 1.165) is 12.8 Å². The van der Waals surface area contributed by atoms with Crippen LogP contribution in [0.1, 0.15) is 40.5 Å². The Morgan fingerprint density at radius 3 is 2.22 bits per heavy atom. The predicted octanol–water partition coefficient (Wildman–Crippen LogP) is 2.08. The molecule has 0 aromatic carbocycles. The summed E-state index contributed by atoms with van der Waals surface area (Å²) in [6.07, 6.45) is 1.46. The standard InChI is InChI=1S/C14H25NO3/c1-5-18-14(17)12-6-8-15(9-7-12)13(16)11(4)10(2)3/h10-12H,5-9H2,1-4H3. The molecule has 0 radical (unpaired) electrons. The van der Waals surface area contributed by atoms with E-state index in [4.69, 9.17) is 4.74 Å². The highest BCUT2D eigenvalue weighted by Gasteiger charge is 2.30. The monoisotopic (exact) mass is 255 g/mol. The maximum absolute atomic E-state index is 12.2. The van der Waals surface area contributed by atoms with E-state index in [1.54, 1.807) is 0 Å². The zero-order valence-corrected chi connectivity index (χ0v) is 11.9. The van der Waals surface area contributed by atoms with E-state index in [-0.39, 0.29) is 23.7 Å². The number of hydrogen-bond acceptors (Lipinski definition) is 3. The predicted molar refractivity (Wildman–Crippen MR) is 69.9 cm³/mol. The fraction of sp³-hybridized carbons (Fsp3) is 0.857. The minimum atomic E-state index is -0.110. The van der Waals surface area contributed by atoms with Crippen molar-refractivity contribution in [1.29, 1.82) is 0 Å². The molecular weight excluding hydrogens is 230 g/mol. The van der Waals surface area contributed by atoms with E-state index in [1.807, 2.05) is 18.7 Å². The van der Waals surface area contributed by atoms with E-state index in [1.165, 1.54) is 0 Å². The largest absolute Gasteiger partial charge is 0.466 e. The van der Waals surface area contributed by atoms with E-state index in [0.29, 0.717) is 25.6 Å². The summed E-state index contributed by atoms with van der Waals surface area (Å²) < 4.78 is 5.02. The second-order valence-corrected chi connectivity index (χ2v) is 5.38. The first kappa shape index (κ1) is 15.0. The number of likely N-dealkylation sites (tertiary alicyclic amines) is 1. The van der Waals surface area contributed by atoms with Gasteiger partial charge in [-0.05, 0) is 25.7 Å². The molecule has 104 valence electrons. The molecule has 4 nitrogen and oxygen atoms in total. The summed E-state index contributed by atoms with van der Waals surface area (Å²) in [5.74, 6) is 0.501. The third-order valence-electron chi connectivity index (χ3n) is 3.82. The van der Waals surface area contributed by atoms with Gasteiger partial charge in [-0.2, -0.15) is 0 Å². The van der Waals surface area contributed by atoms with Gasteiger partial charge >= 0.3 is 5.97 Å². The average molecular weight is 255 g/mol. The summed E-state index contributed by atoms with van der Waals surface area (Å²) in [5.41, 5.74) is 0. The van der Waals surface area contributed by atoms with Gasteiger partial charge < -0.3 is 9.64 Å². The quantitative estimate of drug-likeness (QED) is 0.723. The first-order valence-corrected chi connectivity index (χ1v) is 6.92. The van der Waals surface area contributed by atoms with Crippen molar-refractivity contribution >= 4 is 11.9 Å². The Morgan fingerprint density at radius 2 is 1.78 bits per heavy atom. The molecular formula is C14H25NO3. The summed E-state index contributed by atoms with van der Waals surface area (Å²) in [7, 11) is 0. The fourth-order valence-corrected chi connectivity index (χ4v) is 2.17. The van der Waals surface area contributed by atoms with Crippen molar-refractivity contribution < 1.29 is 14.3 Å². The molecule has 0 aliphatic carbocycles. The topological polar surface area (TPSA) is 46.6 Å². The van der Waals surface area contributed by atoms with Gasteiger partial charge in [0.1, 0.15) is 0 Å². The van der Waals surface area contributed by atoms with Crippen LogP contribution in [0.3, 0.4) is 0 Å². The van der Waals surface area contributed by atoms with Crippen LogP contribution >= 0.6 is 0 Å². The molecule has 0 spiro atoms. The molecule has 1 unspecified atom stereocenters. The summed E-state index contributed by atoms with van der Waals surface area (Å²) in [6, 6.07) is 0. The van der Waals surface area contributed by atoms with Crippen molar-refractivity contribution in [3.63, 3.8) is 0 Å². The summed E-state index contributed by atoms with van der Waals surface area (Å²) >= 11 is 0. The minimum Gasteiger partial charge on any atom is -0.466 e. The van der Waals surface area contributed by atoms with Crippen molar-refractivity contribution in [2.24, 2.45) is 17.8 Å². The molecule has 1 aliphatic rings. The Labute approximate surface area is 110 Å². The molecule has 0 N–H and O–H groups in total. The average Bonchev–Trinajstić information content (AvgIpc) is 2.37. The van der Waals surface area contributed by atoms with Crippen LogP contribution in [0.25, 0.3) is 0 Å². The fourth-order valence-electron chi connectivity index (χ4n) is 2.17. The van der Waals surface area contributed by atoms with Gasteiger partial charge in [-0.15, -0.1) is 0 Å². The van der Waals surface area contributed by atoms with E-state index < -0.39 is 0 Å². The number of hydrogen-bond donors (Lipinski definition) is 0. The summed E-state index contributed by atoms with van der Waals surface area (Å²) in [6.45, 7) is 9.72. The lowest BCUT2D eigenvalue weighted by Crippen LogP contribution is -2.43. The zero-order valence-electron chi connectivity index (χ0n) is 11.9. The molecule has 1 atom stereocenters. The summed E-state index contributed by atoms with van der Waals surface area (Å²) in [4.78, 5) is 25.6. The van der Waals surface area contributed by atoms with Crippen molar-refractivity contribution in [2.75, 3.05) is 19.7 Å². The van der Waals surface area contributed by atoms with Crippen LogP contribution in [-0.2, 0) is 14.3 Å². The van der Waals surface area contributed by atoms with Crippen LogP contribution < -0.4 is 0 Å². The van der Waals surface area contributed by atoms with Crippen molar-refractivity contribution in [3.05, 3.63) is 0 Å². The Morgan fingerprint density at radius 1 is 1.22 bits per heavy atom. The number of carbonyl (C=O) groups excluding carboxylic acids is 2. The number of amides is 1. The second-order valence-electron chi connectivity index (χ2n) is 5.38. The third-order valence-corrected chi connectivity index (χ3v) is 3.82. The van der Waals surface area contributed by atoms with Crippen LogP contribution in [-0.4, -0.2) is 36.5 Å². The molecule has 1 heterocycles. The van der Waals surface area contributed by atoms with Crippen molar-refractivity contribution in [2.45, 2.75) is 40.5 Å². The highest BCUT2D eigenvalue weighted by atomic mass is 16.5. The molecule has 0 aromatic rings. The van der Waals surface area contributed by atoms with E-state index in [2.05, 4.69) is 13.8 Å². The number of nitrogens with zero attached hydrogens (tertiary/aromatic N) is 1. The van der Waals surface area contributed by atoms with Gasteiger partial charge in [-0.1, -0.05) is 20.8 Å². The van der Waals surface area contributed by atoms with Gasteiger partial charge in [0.05, 0.1) is 12.5 Å². The molecule has 1 fully saturated rings. The zero-order chi connectivity index (χ0) is 13.7. The molecule has 1 rings (SSSR count). The highest BCUT2D eigenvalue weighted by molar-refractivity contribution is 5.79. The van der Waals surface area contributed by atoms with Crippen LogP contribution in [0.4, 0.5) is 0 Å². The van der Waals surface area contributed by atoms with Gasteiger partial charge in [0.25, 0.3) is 0 Å². The molecule has 0 aromatic heterocycles. The first-order valence-electron chi connectivity index (χ1n) is 6.92. The third kappa shape index (κ3) is 3.72. The Kier molecular flexibility index (Phi) is 5.63. The highest BCUT2D eigenvalue weighted by Crippen LogP contribution is 2.22. The molecule has 18 heavy (non-hydrogen) atoms. The van der Waals surface area contributed by atoms with Crippen LogP contribution in [0, 0.1) is 17.8 Å². The van der Waals surface area contributed by atoms with Crippen molar-refractivity contribution in [1.82, 2.24) is 4.90 Å². The van der Waals surface area contributed by atoms with Crippen LogP contribution in [0.15, 0.2) is 0 Å². The number of esters is 1. The Balaban J connectivity index is 2.44. The Hall–Kier alpha value is -1.06. The molecule has 0 bridgehead atoms.